The van der Waals surface area contributed by atoms with E-state index in [-0.39, 0.29) is 12.2 Å². The fraction of sp³-hybridized carbons (Fsp3) is 0.417. The third-order valence-corrected chi connectivity index (χ3v) is 5.20. The Kier molecular flexibility index (Phi) is 9.68. The largest absolute Gasteiger partial charge is 0.497 e. The highest BCUT2D eigenvalue weighted by atomic mass is 35.5. The first-order valence-corrected chi connectivity index (χ1v) is 10.7. The number of amides is 1. The maximum Gasteiger partial charge on any atom is 0.232 e. The quantitative estimate of drug-likeness (QED) is 0.323. The highest BCUT2D eigenvalue weighted by molar-refractivity contribution is 6.31. The molecule has 1 unspecified atom stereocenters. The number of rotatable bonds is 12. The van der Waals surface area contributed by atoms with Gasteiger partial charge in [0, 0.05) is 10.6 Å². The van der Waals surface area contributed by atoms with E-state index in [0.29, 0.717) is 40.3 Å². The molecule has 0 saturated heterocycles. The predicted octanol–water partition coefficient (Wildman–Crippen LogP) is 6.16. The third-order valence-electron chi connectivity index (χ3n) is 4.97. The molecule has 2 aromatic rings. The Hall–Kier alpha value is -2.53. The second kappa shape index (κ2) is 12.2. The van der Waals surface area contributed by atoms with E-state index in [1.807, 2.05) is 0 Å². The number of hydrogen-bond acceptors (Lipinski definition) is 4. The van der Waals surface area contributed by atoms with E-state index in [1.54, 1.807) is 49.6 Å². The number of benzene rings is 2. The lowest BCUT2D eigenvalue weighted by molar-refractivity contribution is -0.115. The minimum atomic E-state index is -0.416. The molecular weight excluding hydrogens is 402 g/mol. The topological polar surface area (TPSA) is 64.6 Å². The van der Waals surface area contributed by atoms with Crippen molar-refractivity contribution in [2.24, 2.45) is 5.92 Å². The summed E-state index contributed by atoms with van der Waals surface area (Å²) in [6.45, 7) is 4.90. The van der Waals surface area contributed by atoms with E-state index in [0.717, 1.165) is 19.3 Å². The maximum atomic E-state index is 12.5. The molecule has 0 aliphatic heterocycles. The lowest BCUT2D eigenvalue weighted by Gasteiger charge is -2.18. The van der Waals surface area contributed by atoms with Crippen LogP contribution in [0.4, 0.5) is 5.69 Å². The molecule has 2 rings (SSSR count). The molecule has 1 N–H and O–H groups in total. The molecule has 0 radical (unpaired) electrons. The standard InChI is InChI=1S/C24H30ClNO4/c1-4-6-7-17(5-2)16-30-23-13-10-19(25)14-21(23)26-24(28)15-22(27)18-8-11-20(29-3)12-9-18/h8-14,17H,4-7,15-16H2,1-3H3,(H,26,28). The molecule has 2 aromatic carbocycles. The summed E-state index contributed by atoms with van der Waals surface area (Å²) in [6.07, 6.45) is 4.19. The van der Waals surface area contributed by atoms with Crippen molar-refractivity contribution in [3.05, 3.63) is 53.1 Å². The molecular formula is C24H30ClNO4. The first kappa shape index (κ1) is 23.7. The Morgan fingerprint density at radius 3 is 2.47 bits per heavy atom. The van der Waals surface area contributed by atoms with Crippen LogP contribution >= 0.6 is 11.6 Å². The van der Waals surface area contributed by atoms with E-state index < -0.39 is 5.91 Å². The van der Waals surface area contributed by atoms with Gasteiger partial charge in [-0.25, -0.2) is 0 Å². The second-order valence-electron chi connectivity index (χ2n) is 7.24. The summed E-state index contributed by atoms with van der Waals surface area (Å²) in [6, 6.07) is 11.8. The van der Waals surface area contributed by atoms with Gasteiger partial charge in [0.25, 0.3) is 0 Å². The smallest absolute Gasteiger partial charge is 0.232 e. The van der Waals surface area contributed by atoms with Gasteiger partial charge in [-0.1, -0.05) is 44.7 Å². The first-order chi connectivity index (χ1) is 14.5. The molecule has 0 bridgehead atoms. The lowest BCUT2D eigenvalue weighted by atomic mass is 10.0. The zero-order valence-corrected chi connectivity index (χ0v) is 18.6. The van der Waals surface area contributed by atoms with Crippen LogP contribution in [0.15, 0.2) is 42.5 Å². The zero-order chi connectivity index (χ0) is 21.9. The van der Waals surface area contributed by atoms with Crippen LogP contribution in [0, 0.1) is 5.92 Å². The number of Topliss-reactive ketones (excluding diaryl/α,β-unsaturated/α-hetero) is 1. The molecule has 30 heavy (non-hydrogen) atoms. The van der Waals surface area contributed by atoms with Crippen LogP contribution in [0.5, 0.6) is 11.5 Å². The van der Waals surface area contributed by atoms with Gasteiger partial charge in [0.05, 0.1) is 25.8 Å². The van der Waals surface area contributed by atoms with E-state index >= 15 is 0 Å². The van der Waals surface area contributed by atoms with Crippen molar-refractivity contribution in [1.82, 2.24) is 0 Å². The summed E-state index contributed by atoms with van der Waals surface area (Å²) in [5.74, 6) is 0.979. The van der Waals surface area contributed by atoms with Crippen molar-refractivity contribution in [2.75, 3.05) is 19.0 Å². The van der Waals surface area contributed by atoms with Gasteiger partial charge < -0.3 is 14.8 Å². The van der Waals surface area contributed by atoms with Gasteiger partial charge in [-0.2, -0.15) is 0 Å². The molecule has 0 aromatic heterocycles. The number of anilines is 1. The minimum absolute atomic E-state index is 0.271. The summed E-state index contributed by atoms with van der Waals surface area (Å²) >= 11 is 6.10. The molecule has 0 fully saturated rings. The van der Waals surface area contributed by atoms with Crippen LogP contribution in [0.2, 0.25) is 5.02 Å². The van der Waals surface area contributed by atoms with E-state index in [9.17, 15) is 9.59 Å². The van der Waals surface area contributed by atoms with Gasteiger partial charge in [-0.3, -0.25) is 9.59 Å². The van der Waals surface area contributed by atoms with Crippen molar-refractivity contribution < 1.29 is 19.1 Å². The average Bonchev–Trinajstić information content (AvgIpc) is 2.75. The fourth-order valence-corrected chi connectivity index (χ4v) is 3.22. The number of ketones is 1. The summed E-state index contributed by atoms with van der Waals surface area (Å²) in [5, 5.41) is 3.25. The second-order valence-corrected chi connectivity index (χ2v) is 7.68. The summed E-state index contributed by atoms with van der Waals surface area (Å²) in [7, 11) is 1.56. The van der Waals surface area contributed by atoms with Crippen molar-refractivity contribution >= 4 is 29.0 Å². The molecule has 5 nitrogen and oxygen atoms in total. The SMILES string of the molecule is CCCCC(CC)COc1ccc(Cl)cc1NC(=O)CC(=O)c1ccc(OC)cc1. The zero-order valence-electron chi connectivity index (χ0n) is 17.9. The number of ether oxygens (including phenoxy) is 2. The van der Waals surface area contributed by atoms with Crippen molar-refractivity contribution in [3.8, 4) is 11.5 Å². The molecule has 1 amide bonds. The molecule has 0 aliphatic carbocycles. The minimum Gasteiger partial charge on any atom is -0.497 e. The van der Waals surface area contributed by atoms with Gasteiger partial charge in [-0.05, 0) is 54.8 Å². The number of nitrogens with one attached hydrogen (secondary N) is 1. The van der Waals surface area contributed by atoms with Gasteiger partial charge in [0.2, 0.25) is 5.91 Å². The first-order valence-electron chi connectivity index (χ1n) is 10.4. The molecule has 1 atom stereocenters. The van der Waals surface area contributed by atoms with Gasteiger partial charge >= 0.3 is 0 Å². The molecule has 0 saturated carbocycles. The number of unbranched alkanes of at least 4 members (excludes halogenated alkanes) is 1. The van der Waals surface area contributed by atoms with Gasteiger partial charge in [0.15, 0.2) is 5.78 Å². The summed E-state index contributed by atoms with van der Waals surface area (Å²) in [5.41, 5.74) is 0.926. The Labute approximate surface area is 183 Å². The number of hydrogen-bond donors (Lipinski definition) is 1. The molecule has 0 heterocycles. The van der Waals surface area contributed by atoms with Gasteiger partial charge in [-0.15, -0.1) is 0 Å². The summed E-state index contributed by atoms with van der Waals surface area (Å²) < 4.78 is 11.1. The Morgan fingerprint density at radius 1 is 1.10 bits per heavy atom. The summed E-state index contributed by atoms with van der Waals surface area (Å²) in [4.78, 5) is 24.9. The Morgan fingerprint density at radius 2 is 1.83 bits per heavy atom. The van der Waals surface area contributed by atoms with Crippen LogP contribution in [0.25, 0.3) is 0 Å². The molecule has 0 aliphatic rings. The highest BCUT2D eigenvalue weighted by Crippen LogP contribution is 2.29. The molecule has 6 heteroatoms. The molecule has 0 spiro atoms. The Bertz CT molecular complexity index is 836. The van der Waals surface area contributed by atoms with Crippen LogP contribution in [0.3, 0.4) is 0 Å². The predicted molar refractivity (Wildman–Crippen MR) is 121 cm³/mol. The molecule has 162 valence electrons. The lowest BCUT2D eigenvalue weighted by Crippen LogP contribution is -2.18. The van der Waals surface area contributed by atoms with Crippen molar-refractivity contribution in [2.45, 2.75) is 46.0 Å². The van der Waals surface area contributed by atoms with Crippen molar-refractivity contribution in [3.63, 3.8) is 0 Å². The van der Waals surface area contributed by atoms with Crippen LogP contribution in [0.1, 0.15) is 56.3 Å². The van der Waals surface area contributed by atoms with E-state index in [4.69, 9.17) is 21.1 Å². The highest BCUT2D eigenvalue weighted by Gasteiger charge is 2.15. The van der Waals surface area contributed by atoms with Crippen molar-refractivity contribution in [1.29, 1.82) is 0 Å². The van der Waals surface area contributed by atoms with Gasteiger partial charge in [0.1, 0.15) is 11.5 Å². The average molecular weight is 432 g/mol. The number of methoxy groups -OCH3 is 1. The number of carbonyl (C=O) groups is 2. The number of halogens is 1. The van der Waals surface area contributed by atoms with Crippen LogP contribution in [-0.2, 0) is 4.79 Å². The third kappa shape index (κ3) is 7.38. The van der Waals surface area contributed by atoms with Crippen LogP contribution < -0.4 is 14.8 Å². The van der Waals surface area contributed by atoms with E-state index in [2.05, 4.69) is 19.2 Å². The van der Waals surface area contributed by atoms with E-state index in [1.165, 1.54) is 6.42 Å². The monoisotopic (exact) mass is 431 g/mol. The van der Waals surface area contributed by atoms with Crippen LogP contribution in [-0.4, -0.2) is 25.4 Å². The normalized spacial score (nSPS) is 11.6. The Balaban J connectivity index is 2.01. The maximum absolute atomic E-state index is 12.5. The fourth-order valence-electron chi connectivity index (χ4n) is 3.05. The number of carbonyl (C=O) groups excluding carboxylic acids is 2.